The number of aromatic nitrogens is 4. The molecule has 0 bridgehead atoms. The number of amides is 1. The number of aryl methyl sites for hydroxylation is 1. The fourth-order valence-corrected chi connectivity index (χ4v) is 4.08. The molecule has 32 heavy (non-hydrogen) atoms. The first-order valence-corrected chi connectivity index (χ1v) is 10.2. The highest BCUT2D eigenvalue weighted by atomic mass is 19.1. The van der Waals surface area contributed by atoms with Gasteiger partial charge in [-0.15, -0.1) is 5.10 Å². The van der Waals surface area contributed by atoms with Crippen LogP contribution < -0.4 is 10.9 Å². The monoisotopic (exact) mass is 435 g/mol. The molecule has 0 saturated heterocycles. The number of nitrogens with zero attached hydrogens (tertiary/aromatic N) is 4. The Kier molecular flexibility index (Phi) is 4.80. The molecule has 0 aliphatic heterocycles. The lowest BCUT2D eigenvalue weighted by Crippen LogP contribution is -2.28. The van der Waals surface area contributed by atoms with Crippen LogP contribution in [-0.4, -0.2) is 25.1 Å². The topological polar surface area (TPSA) is 81.3 Å². The number of halogens is 2. The third-order valence-electron chi connectivity index (χ3n) is 5.55. The molecule has 0 spiro atoms. The molecule has 5 rings (SSSR count). The van der Waals surface area contributed by atoms with Crippen molar-refractivity contribution in [3.05, 3.63) is 81.3 Å². The highest BCUT2D eigenvalue weighted by molar-refractivity contribution is 5.90. The fourth-order valence-electron chi connectivity index (χ4n) is 4.08. The van der Waals surface area contributed by atoms with Gasteiger partial charge in [0.1, 0.15) is 18.2 Å². The summed E-state index contributed by atoms with van der Waals surface area (Å²) in [6.07, 6.45) is 2.02. The van der Waals surface area contributed by atoms with Gasteiger partial charge >= 0.3 is 0 Å². The van der Waals surface area contributed by atoms with E-state index in [1.807, 2.05) is 31.2 Å². The smallest absolute Gasteiger partial charge is 0.279 e. The van der Waals surface area contributed by atoms with Crippen LogP contribution in [0.15, 0.2) is 47.3 Å². The van der Waals surface area contributed by atoms with E-state index >= 15 is 0 Å². The fraction of sp³-hybridized carbons (Fsp3) is 0.217. The number of rotatable bonds is 4. The highest BCUT2D eigenvalue weighted by Gasteiger charge is 2.25. The van der Waals surface area contributed by atoms with Gasteiger partial charge < -0.3 is 9.88 Å². The minimum atomic E-state index is -0.785. The van der Waals surface area contributed by atoms with Crippen LogP contribution in [0, 0.1) is 18.6 Å². The SMILES string of the molecule is Cc1ccc(-c2nc3n(CC(=O)Nc4cc(F)cc(F)c4)c4c(c(=O)n3n2)CCC4)cc1. The van der Waals surface area contributed by atoms with E-state index in [4.69, 9.17) is 0 Å². The minimum absolute atomic E-state index is 0.0167. The van der Waals surface area contributed by atoms with Crippen molar-refractivity contribution in [1.29, 1.82) is 0 Å². The van der Waals surface area contributed by atoms with Gasteiger partial charge in [0, 0.05) is 28.6 Å². The van der Waals surface area contributed by atoms with Gasteiger partial charge in [-0.05, 0) is 38.3 Å². The Balaban J connectivity index is 1.57. The molecule has 4 aromatic rings. The zero-order valence-corrected chi connectivity index (χ0v) is 17.2. The molecule has 0 unspecified atom stereocenters. The lowest BCUT2D eigenvalue weighted by molar-refractivity contribution is -0.116. The summed E-state index contributed by atoms with van der Waals surface area (Å²) in [6, 6.07) is 10.4. The van der Waals surface area contributed by atoms with Gasteiger partial charge in [0.15, 0.2) is 5.82 Å². The van der Waals surface area contributed by atoms with Crippen LogP contribution in [-0.2, 0) is 24.2 Å². The van der Waals surface area contributed by atoms with E-state index in [9.17, 15) is 18.4 Å². The molecule has 0 atom stereocenters. The van der Waals surface area contributed by atoms with E-state index in [0.717, 1.165) is 41.4 Å². The first-order chi connectivity index (χ1) is 15.4. The van der Waals surface area contributed by atoms with Crippen molar-refractivity contribution < 1.29 is 13.6 Å². The molecule has 2 heterocycles. The van der Waals surface area contributed by atoms with E-state index in [1.165, 1.54) is 4.52 Å². The first kappa shape index (κ1) is 20.0. The van der Waals surface area contributed by atoms with Crippen molar-refractivity contribution >= 4 is 17.4 Å². The third kappa shape index (κ3) is 3.55. The molecule has 1 aliphatic rings. The Morgan fingerprint density at radius 1 is 1.09 bits per heavy atom. The molecule has 1 N–H and O–H groups in total. The summed E-state index contributed by atoms with van der Waals surface area (Å²) in [5, 5.41) is 6.92. The Morgan fingerprint density at radius 3 is 2.53 bits per heavy atom. The largest absolute Gasteiger partial charge is 0.324 e. The van der Waals surface area contributed by atoms with Crippen molar-refractivity contribution in [2.75, 3.05) is 5.32 Å². The highest BCUT2D eigenvalue weighted by Crippen LogP contribution is 2.23. The van der Waals surface area contributed by atoms with Crippen molar-refractivity contribution in [2.24, 2.45) is 0 Å². The molecule has 2 aromatic carbocycles. The lowest BCUT2D eigenvalue weighted by Gasteiger charge is -2.14. The summed E-state index contributed by atoms with van der Waals surface area (Å²) in [5.41, 5.74) is 2.98. The Morgan fingerprint density at radius 2 is 1.81 bits per heavy atom. The van der Waals surface area contributed by atoms with Crippen LogP contribution in [0.4, 0.5) is 14.5 Å². The van der Waals surface area contributed by atoms with Crippen LogP contribution in [0.2, 0.25) is 0 Å². The lowest BCUT2D eigenvalue weighted by atomic mass is 10.1. The van der Waals surface area contributed by atoms with Crippen LogP contribution in [0.25, 0.3) is 17.2 Å². The van der Waals surface area contributed by atoms with Crippen molar-refractivity contribution in [2.45, 2.75) is 32.7 Å². The van der Waals surface area contributed by atoms with Gasteiger partial charge in [0.2, 0.25) is 11.7 Å². The van der Waals surface area contributed by atoms with Gasteiger partial charge in [-0.25, -0.2) is 8.78 Å². The number of hydrogen-bond donors (Lipinski definition) is 1. The molecule has 9 heteroatoms. The number of carbonyl (C=O) groups excluding carboxylic acids is 1. The van der Waals surface area contributed by atoms with Crippen LogP contribution in [0.3, 0.4) is 0 Å². The second-order valence-electron chi connectivity index (χ2n) is 7.89. The van der Waals surface area contributed by atoms with E-state index in [-0.39, 0.29) is 23.6 Å². The standard InChI is InChI=1S/C23H19F2N5O2/c1-13-5-7-14(8-6-13)21-27-23-29(19-4-2-3-18(19)22(32)30(23)28-21)12-20(31)26-17-10-15(24)9-16(25)11-17/h5-11H,2-4,12H2,1H3,(H,26,31). The molecule has 0 saturated carbocycles. The Labute approximate surface area is 181 Å². The number of fused-ring (bicyclic) bond motifs is 2. The minimum Gasteiger partial charge on any atom is -0.324 e. The van der Waals surface area contributed by atoms with Crippen LogP contribution >= 0.6 is 0 Å². The summed E-state index contributed by atoms with van der Waals surface area (Å²) in [4.78, 5) is 30.3. The van der Waals surface area contributed by atoms with Gasteiger partial charge in [-0.1, -0.05) is 29.8 Å². The molecule has 7 nitrogen and oxygen atoms in total. The number of nitrogens with one attached hydrogen (secondary N) is 1. The second kappa shape index (κ2) is 7.67. The molecule has 1 aliphatic carbocycles. The number of carbonyl (C=O) groups is 1. The summed E-state index contributed by atoms with van der Waals surface area (Å²) in [6.45, 7) is 1.80. The van der Waals surface area contributed by atoms with Crippen molar-refractivity contribution in [3.63, 3.8) is 0 Å². The third-order valence-corrected chi connectivity index (χ3v) is 5.55. The van der Waals surface area contributed by atoms with E-state index in [1.54, 1.807) is 4.57 Å². The molecular formula is C23H19F2N5O2. The summed E-state index contributed by atoms with van der Waals surface area (Å²) in [5.74, 6) is -1.42. The average molecular weight is 435 g/mol. The molecule has 162 valence electrons. The first-order valence-electron chi connectivity index (χ1n) is 10.2. The van der Waals surface area contributed by atoms with E-state index < -0.39 is 17.5 Å². The maximum absolute atomic E-state index is 13.5. The summed E-state index contributed by atoms with van der Waals surface area (Å²) < 4.78 is 29.8. The molecule has 2 aromatic heterocycles. The van der Waals surface area contributed by atoms with E-state index in [0.29, 0.717) is 24.2 Å². The molecule has 1 amide bonds. The molecular weight excluding hydrogens is 416 g/mol. The molecule has 0 radical (unpaired) electrons. The van der Waals surface area contributed by atoms with Gasteiger partial charge in [0.25, 0.3) is 5.56 Å². The Bertz CT molecular complexity index is 1400. The second-order valence-corrected chi connectivity index (χ2v) is 7.89. The van der Waals surface area contributed by atoms with Gasteiger partial charge in [-0.2, -0.15) is 9.50 Å². The summed E-state index contributed by atoms with van der Waals surface area (Å²) >= 11 is 0. The van der Waals surface area contributed by atoms with Crippen LogP contribution in [0.1, 0.15) is 23.2 Å². The number of hydrogen-bond acceptors (Lipinski definition) is 4. The zero-order valence-electron chi connectivity index (χ0n) is 17.2. The van der Waals surface area contributed by atoms with Crippen molar-refractivity contribution in [3.8, 4) is 11.4 Å². The van der Waals surface area contributed by atoms with E-state index in [2.05, 4.69) is 15.4 Å². The quantitative estimate of drug-likeness (QED) is 0.534. The van der Waals surface area contributed by atoms with Crippen LogP contribution in [0.5, 0.6) is 0 Å². The Hall–Kier alpha value is -3.88. The molecule has 0 fully saturated rings. The summed E-state index contributed by atoms with van der Waals surface area (Å²) in [7, 11) is 0. The van der Waals surface area contributed by atoms with Crippen molar-refractivity contribution in [1.82, 2.24) is 19.2 Å². The zero-order chi connectivity index (χ0) is 22.4. The normalized spacial score (nSPS) is 12.8. The number of anilines is 1. The predicted octanol–water partition coefficient (Wildman–Crippen LogP) is 3.27. The number of benzene rings is 2. The maximum Gasteiger partial charge on any atom is 0.279 e. The average Bonchev–Trinajstić information content (AvgIpc) is 3.39. The maximum atomic E-state index is 13.5. The van der Waals surface area contributed by atoms with Gasteiger partial charge in [-0.3, -0.25) is 9.59 Å². The van der Waals surface area contributed by atoms with Gasteiger partial charge in [0.05, 0.1) is 0 Å². The predicted molar refractivity (Wildman–Crippen MR) is 114 cm³/mol.